The number of hydrogen-bond acceptors (Lipinski definition) is 3. The van der Waals surface area contributed by atoms with Crippen molar-refractivity contribution in [3.63, 3.8) is 0 Å². The number of benzene rings is 1. The second-order valence-corrected chi connectivity index (χ2v) is 6.39. The van der Waals surface area contributed by atoms with E-state index in [-0.39, 0.29) is 23.7 Å². The number of nitrogens with one attached hydrogen (secondary N) is 2. The van der Waals surface area contributed by atoms with E-state index in [2.05, 4.69) is 27.7 Å². The third-order valence-corrected chi connectivity index (χ3v) is 4.03. The van der Waals surface area contributed by atoms with Crippen LogP contribution in [0.4, 0.5) is 0 Å². The van der Waals surface area contributed by atoms with Gasteiger partial charge in [-0.2, -0.15) is 0 Å². The highest BCUT2D eigenvalue weighted by Gasteiger charge is 2.27. The Morgan fingerprint density at radius 2 is 1.86 bits per heavy atom. The first-order valence-electron chi connectivity index (χ1n) is 7.83. The number of rotatable bonds is 6. The number of nitrogens with zero attached hydrogens (tertiary/aromatic N) is 1. The molecule has 1 aliphatic rings. The summed E-state index contributed by atoms with van der Waals surface area (Å²) in [5, 5.41) is 6.43. The van der Waals surface area contributed by atoms with Crippen molar-refractivity contribution in [1.29, 1.82) is 0 Å². The van der Waals surface area contributed by atoms with Gasteiger partial charge in [0.2, 0.25) is 5.91 Å². The molecule has 1 heterocycles. The maximum Gasteiger partial charge on any atom is 0.226 e. The van der Waals surface area contributed by atoms with Gasteiger partial charge in [-0.25, -0.2) is 0 Å². The summed E-state index contributed by atoms with van der Waals surface area (Å²) in [4.78, 5) is 14.8. The van der Waals surface area contributed by atoms with E-state index in [0.717, 1.165) is 45.7 Å². The second kappa shape index (κ2) is 9.13. The van der Waals surface area contributed by atoms with E-state index < -0.39 is 0 Å². The van der Waals surface area contributed by atoms with Crippen LogP contribution in [0, 0.1) is 5.41 Å². The van der Waals surface area contributed by atoms with Crippen molar-refractivity contribution in [3.8, 4) is 0 Å². The molecular weight excluding hydrogens is 298 g/mol. The Balaban J connectivity index is 0.00000242. The Bertz CT molecular complexity index is 444. The topological polar surface area (TPSA) is 44.4 Å². The fourth-order valence-electron chi connectivity index (χ4n) is 2.69. The predicted molar refractivity (Wildman–Crippen MR) is 93.5 cm³/mol. The van der Waals surface area contributed by atoms with Gasteiger partial charge in [0.1, 0.15) is 0 Å². The summed E-state index contributed by atoms with van der Waals surface area (Å²) in [6, 6.07) is 10.2. The van der Waals surface area contributed by atoms with Crippen LogP contribution in [0.1, 0.15) is 19.4 Å². The molecule has 0 aromatic heterocycles. The van der Waals surface area contributed by atoms with Crippen molar-refractivity contribution in [2.45, 2.75) is 20.3 Å². The average Bonchev–Trinajstić information content (AvgIpc) is 2.49. The van der Waals surface area contributed by atoms with Gasteiger partial charge < -0.3 is 10.6 Å². The summed E-state index contributed by atoms with van der Waals surface area (Å²) in [5.41, 5.74) is 0.838. The second-order valence-electron chi connectivity index (χ2n) is 6.39. The van der Waals surface area contributed by atoms with E-state index in [0.29, 0.717) is 0 Å². The van der Waals surface area contributed by atoms with Crippen molar-refractivity contribution >= 4 is 18.3 Å². The monoisotopic (exact) mass is 325 g/mol. The van der Waals surface area contributed by atoms with Gasteiger partial charge in [0.15, 0.2) is 0 Å². The highest BCUT2D eigenvalue weighted by atomic mass is 35.5. The highest BCUT2D eigenvalue weighted by Crippen LogP contribution is 2.21. The minimum atomic E-state index is -0.370. The smallest absolute Gasteiger partial charge is 0.226 e. The van der Waals surface area contributed by atoms with Crippen LogP contribution >= 0.6 is 12.4 Å². The fourth-order valence-corrected chi connectivity index (χ4v) is 2.69. The first-order chi connectivity index (χ1) is 10.1. The van der Waals surface area contributed by atoms with Crippen molar-refractivity contribution < 1.29 is 4.79 Å². The summed E-state index contributed by atoms with van der Waals surface area (Å²) in [7, 11) is 0. The van der Waals surface area contributed by atoms with Crippen LogP contribution in [-0.4, -0.2) is 50.1 Å². The quantitative estimate of drug-likeness (QED) is 0.836. The lowest BCUT2D eigenvalue weighted by Crippen LogP contribution is -2.47. The first-order valence-corrected chi connectivity index (χ1v) is 7.83. The van der Waals surface area contributed by atoms with Crippen molar-refractivity contribution in [1.82, 2.24) is 15.5 Å². The third-order valence-electron chi connectivity index (χ3n) is 4.03. The minimum absolute atomic E-state index is 0. The zero-order chi connectivity index (χ0) is 15.1. The number of carbonyl (C=O) groups is 1. The number of amides is 1. The lowest BCUT2D eigenvalue weighted by molar-refractivity contribution is -0.129. The van der Waals surface area contributed by atoms with Crippen LogP contribution in [0.15, 0.2) is 30.3 Å². The SMILES string of the molecule is CC(C)(Cc1ccccc1)C(=O)NCCN1CCNCC1.Cl. The lowest BCUT2D eigenvalue weighted by atomic mass is 9.85. The maximum atomic E-state index is 12.4. The van der Waals surface area contributed by atoms with Crippen molar-refractivity contribution in [2.75, 3.05) is 39.3 Å². The molecule has 1 aliphatic heterocycles. The standard InChI is InChI=1S/C17H27N3O.ClH/c1-17(2,14-15-6-4-3-5-7-15)16(21)19-10-13-20-11-8-18-9-12-20;/h3-7,18H,8-14H2,1-2H3,(H,19,21);1H. The molecule has 0 radical (unpaired) electrons. The summed E-state index contributed by atoms with van der Waals surface area (Å²) in [5.74, 6) is 0.140. The molecular formula is C17H28ClN3O. The van der Waals surface area contributed by atoms with Crippen LogP contribution in [0.2, 0.25) is 0 Å². The molecule has 0 bridgehead atoms. The highest BCUT2D eigenvalue weighted by molar-refractivity contribution is 5.85. The minimum Gasteiger partial charge on any atom is -0.354 e. The lowest BCUT2D eigenvalue weighted by Gasteiger charge is -2.28. The Kier molecular flexibility index (Phi) is 7.87. The number of halogens is 1. The van der Waals surface area contributed by atoms with Gasteiger partial charge in [0.25, 0.3) is 0 Å². The van der Waals surface area contributed by atoms with Gasteiger partial charge in [-0.1, -0.05) is 44.2 Å². The Labute approximate surface area is 140 Å². The Morgan fingerprint density at radius 1 is 1.23 bits per heavy atom. The average molecular weight is 326 g/mol. The first kappa shape index (κ1) is 18.9. The van der Waals surface area contributed by atoms with Crippen LogP contribution in [0.3, 0.4) is 0 Å². The molecule has 1 aromatic carbocycles. The molecule has 0 saturated carbocycles. The Morgan fingerprint density at radius 3 is 2.50 bits per heavy atom. The number of piperazine rings is 1. The van der Waals surface area contributed by atoms with E-state index in [9.17, 15) is 4.79 Å². The number of carbonyl (C=O) groups excluding carboxylic acids is 1. The van der Waals surface area contributed by atoms with Crippen LogP contribution < -0.4 is 10.6 Å². The van der Waals surface area contributed by atoms with E-state index in [4.69, 9.17) is 0 Å². The van der Waals surface area contributed by atoms with Gasteiger partial charge in [0, 0.05) is 44.7 Å². The van der Waals surface area contributed by atoms with E-state index >= 15 is 0 Å². The van der Waals surface area contributed by atoms with Gasteiger partial charge in [0.05, 0.1) is 0 Å². The zero-order valence-corrected chi connectivity index (χ0v) is 14.4. The normalized spacial score (nSPS) is 15.9. The molecule has 0 spiro atoms. The summed E-state index contributed by atoms with van der Waals surface area (Å²) in [6.45, 7) is 9.94. The van der Waals surface area contributed by atoms with Gasteiger partial charge in [-0.05, 0) is 12.0 Å². The van der Waals surface area contributed by atoms with Crippen molar-refractivity contribution in [3.05, 3.63) is 35.9 Å². The molecule has 2 N–H and O–H groups in total. The zero-order valence-electron chi connectivity index (χ0n) is 13.6. The van der Waals surface area contributed by atoms with Gasteiger partial charge >= 0.3 is 0 Å². The van der Waals surface area contributed by atoms with Crippen molar-refractivity contribution in [2.24, 2.45) is 5.41 Å². The molecule has 0 atom stereocenters. The molecule has 1 aromatic rings. The largest absolute Gasteiger partial charge is 0.354 e. The summed E-state index contributed by atoms with van der Waals surface area (Å²) in [6.07, 6.45) is 0.771. The molecule has 22 heavy (non-hydrogen) atoms. The van der Waals surface area contributed by atoms with E-state index in [1.807, 2.05) is 32.0 Å². The summed E-state index contributed by atoms with van der Waals surface area (Å²) >= 11 is 0. The van der Waals surface area contributed by atoms with E-state index in [1.54, 1.807) is 0 Å². The Hall–Kier alpha value is -1.10. The predicted octanol–water partition coefficient (Wildman–Crippen LogP) is 1.70. The van der Waals surface area contributed by atoms with Crippen LogP contribution in [-0.2, 0) is 11.2 Å². The molecule has 124 valence electrons. The molecule has 4 nitrogen and oxygen atoms in total. The number of hydrogen-bond donors (Lipinski definition) is 2. The van der Waals surface area contributed by atoms with Gasteiger partial charge in [-0.15, -0.1) is 12.4 Å². The molecule has 5 heteroatoms. The van der Waals surface area contributed by atoms with Crippen LogP contribution in [0.25, 0.3) is 0 Å². The molecule has 1 saturated heterocycles. The molecule has 1 fully saturated rings. The molecule has 0 unspecified atom stereocenters. The van der Waals surface area contributed by atoms with Gasteiger partial charge in [-0.3, -0.25) is 9.69 Å². The molecule has 0 aliphatic carbocycles. The maximum absolute atomic E-state index is 12.4. The van der Waals surface area contributed by atoms with E-state index in [1.165, 1.54) is 5.56 Å². The van der Waals surface area contributed by atoms with Crippen LogP contribution in [0.5, 0.6) is 0 Å². The summed E-state index contributed by atoms with van der Waals surface area (Å²) < 4.78 is 0. The molecule has 2 rings (SSSR count). The molecule has 1 amide bonds. The third kappa shape index (κ3) is 5.95. The fraction of sp³-hybridized carbons (Fsp3) is 0.588.